The first-order valence-electron chi connectivity index (χ1n) is 9.26. The number of hydrogen-bond donors (Lipinski definition) is 1. The van der Waals surface area contributed by atoms with Gasteiger partial charge in [-0.2, -0.15) is 0 Å². The van der Waals surface area contributed by atoms with Gasteiger partial charge in [0.25, 0.3) is 0 Å². The quantitative estimate of drug-likeness (QED) is 0.758. The fraction of sp³-hybridized carbons (Fsp3) is 0.714. The summed E-state index contributed by atoms with van der Waals surface area (Å²) in [7, 11) is 0. The molecule has 1 aromatic rings. The molecular weight excluding hydrogens is 284 g/mol. The lowest BCUT2D eigenvalue weighted by Crippen LogP contribution is -2.70. The first-order valence-corrected chi connectivity index (χ1v) is 9.26. The van der Waals surface area contributed by atoms with Crippen LogP contribution in [0, 0.1) is 22.7 Å². The molecule has 2 fully saturated rings. The van der Waals surface area contributed by atoms with Crippen LogP contribution in [-0.4, -0.2) is 16.8 Å². The van der Waals surface area contributed by atoms with Crippen molar-refractivity contribution in [2.24, 2.45) is 22.7 Å². The number of rotatable bonds is 0. The molecule has 2 saturated carbocycles. The third-order valence-corrected chi connectivity index (χ3v) is 7.87. The summed E-state index contributed by atoms with van der Waals surface area (Å²) >= 11 is 0. The number of fused-ring (bicyclic) bond motifs is 1. The Hall–Kier alpha value is -1.02. The first kappa shape index (κ1) is 15.5. The summed E-state index contributed by atoms with van der Waals surface area (Å²) in [5.41, 5.74) is 1.31. The van der Waals surface area contributed by atoms with Gasteiger partial charge in [0.1, 0.15) is 11.4 Å². The molecule has 1 unspecified atom stereocenters. The fourth-order valence-corrected chi connectivity index (χ4v) is 6.08. The molecule has 1 N–H and O–H groups in total. The largest absolute Gasteiger partial charge is 0.486 e. The lowest BCUT2D eigenvalue weighted by atomic mass is 9.44. The molecule has 0 saturated heterocycles. The van der Waals surface area contributed by atoms with Crippen LogP contribution in [0.1, 0.15) is 58.9 Å². The van der Waals surface area contributed by atoms with E-state index in [9.17, 15) is 5.11 Å². The minimum absolute atomic E-state index is 0.0774. The summed E-state index contributed by atoms with van der Waals surface area (Å²) in [5, 5.41) is 10.7. The summed E-state index contributed by atoms with van der Waals surface area (Å²) in [5.74, 6) is 2.16. The van der Waals surface area contributed by atoms with Crippen LogP contribution in [0.2, 0.25) is 0 Å². The number of para-hydroxylation sites is 1. The van der Waals surface area contributed by atoms with Crippen molar-refractivity contribution in [3.8, 4) is 5.75 Å². The van der Waals surface area contributed by atoms with Gasteiger partial charge < -0.3 is 9.84 Å². The Bertz CT molecular complexity index is 622. The van der Waals surface area contributed by atoms with Crippen molar-refractivity contribution in [2.75, 3.05) is 0 Å². The second-order valence-corrected chi connectivity index (χ2v) is 9.10. The SMILES string of the molecule is C[C@H]1CC[C@H]2C(C)(C)C(O)CC[C@]23Oc2ccccc2C[C@]13C. The number of ether oxygens (including phenoxy) is 1. The zero-order valence-electron chi connectivity index (χ0n) is 14.9. The Labute approximate surface area is 140 Å². The van der Waals surface area contributed by atoms with E-state index in [1.165, 1.54) is 18.4 Å². The van der Waals surface area contributed by atoms with Crippen LogP contribution in [0.4, 0.5) is 0 Å². The van der Waals surface area contributed by atoms with Gasteiger partial charge in [-0.25, -0.2) is 0 Å². The summed E-state index contributed by atoms with van der Waals surface area (Å²) in [4.78, 5) is 0. The first-order chi connectivity index (χ1) is 10.8. The highest BCUT2D eigenvalue weighted by Crippen LogP contribution is 2.65. The third kappa shape index (κ3) is 1.85. The maximum Gasteiger partial charge on any atom is 0.123 e. The van der Waals surface area contributed by atoms with Crippen molar-refractivity contribution < 1.29 is 9.84 Å². The van der Waals surface area contributed by atoms with E-state index in [1.54, 1.807) is 0 Å². The predicted octanol–water partition coefficient (Wildman–Crippen LogP) is 4.59. The molecule has 1 heterocycles. The normalized spacial score (nSPS) is 44.5. The molecule has 0 aromatic heterocycles. The fourth-order valence-electron chi connectivity index (χ4n) is 6.08. The van der Waals surface area contributed by atoms with E-state index < -0.39 is 0 Å². The summed E-state index contributed by atoms with van der Waals surface area (Å²) in [6.07, 6.45) is 5.14. The van der Waals surface area contributed by atoms with Gasteiger partial charge >= 0.3 is 0 Å². The monoisotopic (exact) mass is 314 g/mol. The average molecular weight is 314 g/mol. The van der Waals surface area contributed by atoms with Gasteiger partial charge in [0, 0.05) is 11.3 Å². The lowest BCUT2D eigenvalue weighted by molar-refractivity contribution is -0.233. The number of aliphatic hydroxyl groups is 1. The van der Waals surface area contributed by atoms with Gasteiger partial charge in [-0.15, -0.1) is 0 Å². The Morgan fingerprint density at radius 2 is 1.83 bits per heavy atom. The van der Waals surface area contributed by atoms with Gasteiger partial charge in [-0.1, -0.05) is 45.9 Å². The maximum atomic E-state index is 10.7. The molecule has 23 heavy (non-hydrogen) atoms. The summed E-state index contributed by atoms with van der Waals surface area (Å²) in [6, 6.07) is 8.58. The Morgan fingerprint density at radius 1 is 1.09 bits per heavy atom. The van der Waals surface area contributed by atoms with Crippen LogP contribution in [0.25, 0.3) is 0 Å². The van der Waals surface area contributed by atoms with Crippen LogP contribution < -0.4 is 4.74 Å². The summed E-state index contributed by atoms with van der Waals surface area (Å²) < 4.78 is 6.87. The molecule has 1 aromatic carbocycles. The van der Waals surface area contributed by atoms with E-state index in [-0.39, 0.29) is 22.5 Å². The molecular formula is C21H30O2. The molecule has 2 aliphatic carbocycles. The average Bonchev–Trinajstić information content (AvgIpc) is 2.51. The molecule has 3 aliphatic rings. The van der Waals surface area contributed by atoms with E-state index in [2.05, 4.69) is 52.0 Å². The molecule has 1 spiro atoms. The van der Waals surface area contributed by atoms with Gasteiger partial charge in [0.15, 0.2) is 0 Å². The highest BCUT2D eigenvalue weighted by molar-refractivity contribution is 5.39. The van der Waals surface area contributed by atoms with Gasteiger partial charge in [0.05, 0.1) is 6.10 Å². The molecule has 0 radical (unpaired) electrons. The van der Waals surface area contributed by atoms with Crippen LogP contribution in [0.15, 0.2) is 24.3 Å². The Morgan fingerprint density at radius 3 is 2.61 bits per heavy atom. The van der Waals surface area contributed by atoms with E-state index in [1.807, 2.05) is 0 Å². The highest BCUT2D eigenvalue weighted by atomic mass is 16.5. The third-order valence-electron chi connectivity index (χ3n) is 7.87. The molecule has 2 nitrogen and oxygen atoms in total. The smallest absolute Gasteiger partial charge is 0.123 e. The molecule has 0 bridgehead atoms. The molecule has 2 heteroatoms. The second kappa shape index (κ2) is 4.75. The van der Waals surface area contributed by atoms with Crippen molar-refractivity contribution in [3.05, 3.63) is 29.8 Å². The Kier molecular flexibility index (Phi) is 3.20. The topological polar surface area (TPSA) is 29.5 Å². The predicted molar refractivity (Wildman–Crippen MR) is 92.5 cm³/mol. The van der Waals surface area contributed by atoms with Crippen molar-refractivity contribution in [3.63, 3.8) is 0 Å². The number of aliphatic hydroxyl groups excluding tert-OH is 1. The maximum absolute atomic E-state index is 10.7. The van der Waals surface area contributed by atoms with Gasteiger partial charge in [-0.05, 0) is 55.1 Å². The van der Waals surface area contributed by atoms with Gasteiger partial charge in [-0.3, -0.25) is 0 Å². The van der Waals surface area contributed by atoms with Crippen LogP contribution >= 0.6 is 0 Å². The van der Waals surface area contributed by atoms with Crippen molar-refractivity contribution >= 4 is 0 Å². The van der Waals surface area contributed by atoms with Gasteiger partial charge in [0.2, 0.25) is 0 Å². The van der Waals surface area contributed by atoms with E-state index in [4.69, 9.17) is 4.74 Å². The number of hydrogen-bond acceptors (Lipinski definition) is 2. The van der Waals surface area contributed by atoms with Crippen LogP contribution in [0.3, 0.4) is 0 Å². The van der Waals surface area contributed by atoms with Crippen molar-refractivity contribution in [1.82, 2.24) is 0 Å². The highest BCUT2D eigenvalue weighted by Gasteiger charge is 2.67. The standard InChI is InChI=1S/C21H30O2/c1-14-9-10-17-19(2,3)18(22)11-12-21(17)20(14,4)13-15-7-5-6-8-16(15)23-21/h5-8,14,17-18,22H,9-13H2,1-4H3/t14-,17-,18?,20+,21-/m0/s1. The molecule has 1 aliphatic heterocycles. The van der Waals surface area contributed by atoms with E-state index in [0.29, 0.717) is 11.8 Å². The zero-order valence-corrected chi connectivity index (χ0v) is 14.9. The molecule has 126 valence electrons. The van der Waals surface area contributed by atoms with E-state index in [0.717, 1.165) is 25.0 Å². The van der Waals surface area contributed by atoms with Crippen molar-refractivity contribution in [2.45, 2.75) is 71.5 Å². The van der Waals surface area contributed by atoms with Crippen molar-refractivity contribution in [1.29, 1.82) is 0 Å². The lowest BCUT2D eigenvalue weighted by Gasteiger charge is -2.66. The summed E-state index contributed by atoms with van der Waals surface area (Å²) in [6.45, 7) is 9.37. The van der Waals surface area contributed by atoms with Crippen LogP contribution in [0.5, 0.6) is 5.75 Å². The van der Waals surface area contributed by atoms with E-state index >= 15 is 0 Å². The zero-order chi connectivity index (χ0) is 16.5. The molecule has 4 rings (SSSR count). The Balaban J connectivity index is 1.88. The minimum Gasteiger partial charge on any atom is -0.486 e. The molecule has 0 amide bonds. The minimum atomic E-state index is -0.212. The molecule has 5 atom stereocenters. The second-order valence-electron chi connectivity index (χ2n) is 9.10. The van der Waals surface area contributed by atoms with Crippen LogP contribution in [-0.2, 0) is 6.42 Å². The number of benzene rings is 1.